The zero-order valence-corrected chi connectivity index (χ0v) is 14.9. The van der Waals surface area contributed by atoms with Crippen LogP contribution < -0.4 is 10.6 Å². The van der Waals surface area contributed by atoms with Crippen molar-refractivity contribution in [2.45, 2.75) is 38.1 Å². The maximum Gasteiger partial charge on any atom is 0.237 e. The van der Waals surface area contributed by atoms with E-state index in [9.17, 15) is 9.59 Å². The van der Waals surface area contributed by atoms with Gasteiger partial charge in [0, 0.05) is 31.8 Å². The van der Waals surface area contributed by atoms with Crippen molar-refractivity contribution in [1.82, 2.24) is 15.5 Å². The molecule has 0 aromatic heterocycles. The predicted octanol–water partition coefficient (Wildman–Crippen LogP) is 1.27. The van der Waals surface area contributed by atoms with Crippen molar-refractivity contribution in [2.75, 3.05) is 38.2 Å². The van der Waals surface area contributed by atoms with Crippen LogP contribution in [-0.2, 0) is 9.59 Å². The molecule has 2 N–H and O–H groups in total. The largest absolute Gasteiger partial charge is 0.354 e. The number of piperidine rings is 1. The van der Waals surface area contributed by atoms with Gasteiger partial charge in [-0.1, -0.05) is 0 Å². The number of amides is 2. The molecule has 2 rings (SSSR count). The van der Waals surface area contributed by atoms with Gasteiger partial charge in [0.05, 0.1) is 6.04 Å². The van der Waals surface area contributed by atoms with E-state index in [0.717, 1.165) is 51.1 Å². The summed E-state index contributed by atoms with van der Waals surface area (Å²) in [5.74, 6) is 1.68. The zero-order chi connectivity index (χ0) is 15.1. The minimum atomic E-state index is -0.00657. The summed E-state index contributed by atoms with van der Waals surface area (Å²) < 4.78 is 0. The van der Waals surface area contributed by atoms with Crippen LogP contribution in [0.5, 0.6) is 0 Å². The summed E-state index contributed by atoms with van der Waals surface area (Å²) >= 11 is 1.71. The molecule has 0 bridgehead atoms. The van der Waals surface area contributed by atoms with Crippen LogP contribution in [0, 0.1) is 5.92 Å². The molecule has 0 aromatic rings. The maximum atomic E-state index is 12.1. The first-order valence-electron chi connectivity index (χ1n) is 7.98. The Hall–Kier alpha value is -0.460. The highest BCUT2D eigenvalue weighted by Crippen LogP contribution is 2.17. The molecular formula is C15H28ClN3O2S. The predicted molar refractivity (Wildman–Crippen MR) is 93.6 cm³/mol. The summed E-state index contributed by atoms with van der Waals surface area (Å²) in [5, 5.41) is 6.27. The Labute approximate surface area is 143 Å². The Balaban J connectivity index is 0.00000242. The van der Waals surface area contributed by atoms with E-state index in [-0.39, 0.29) is 30.3 Å². The third-order valence-electron chi connectivity index (χ3n) is 4.33. The van der Waals surface area contributed by atoms with E-state index in [2.05, 4.69) is 10.6 Å². The van der Waals surface area contributed by atoms with E-state index in [1.807, 2.05) is 11.2 Å². The Morgan fingerprint density at radius 1 is 1.32 bits per heavy atom. The molecule has 2 unspecified atom stereocenters. The molecule has 5 nitrogen and oxygen atoms in total. The molecule has 2 aliphatic rings. The fraction of sp³-hybridized carbons (Fsp3) is 0.867. The van der Waals surface area contributed by atoms with E-state index < -0.39 is 0 Å². The molecule has 2 heterocycles. The topological polar surface area (TPSA) is 61.4 Å². The van der Waals surface area contributed by atoms with Gasteiger partial charge in [0.2, 0.25) is 11.8 Å². The molecule has 0 spiro atoms. The van der Waals surface area contributed by atoms with Crippen LogP contribution in [0.25, 0.3) is 0 Å². The Bertz CT molecular complexity index is 365. The highest BCUT2D eigenvalue weighted by atomic mass is 35.5. The number of nitrogens with one attached hydrogen (secondary N) is 2. The standard InChI is InChI=1S/C15H27N3O2S.ClH/c1-21-9-6-14(19)18-8-3-4-12(11-18)10-17-15(20)13-5-2-7-16-13;/h12-13,16H,2-11H2,1H3,(H,17,20);1H. The molecule has 128 valence electrons. The van der Waals surface area contributed by atoms with Crippen molar-refractivity contribution in [3.8, 4) is 0 Å². The summed E-state index contributed by atoms with van der Waals surface area (Å²) in [7, 11) is 0. The summed E-state index contributed by atoms with van der Waals surface area (Å²) in [6.07, 6.45) is 6.83. The lowest BCUT2D eigenvalue weighted by Crippen LogP contribution is -2.46. The lowest BCUT2D eigenvalue weighted by Gasteiger charge is -2.33. The maximum absolute atomic E-state index is 12.1. The molecule has 0 aromatic carbocycles. The van der Waals surface area contributed by atoms with Crippen LogP contribution in [0.3, 0.4) is 0 Å². The fourth-order valence-corrected chi connectivity index (χ4v) is 3.46. The van der Waals surface area contributed by atoms with Gasteiger partial charge in [-0.3, -0.25) is 9.59 Å². The lowest BCUT2D eigenvalue weighted by atomic mass is 9.97. The number of carbonyl (C=O) groups is 2. The molecule has 2 atom stereocenters. The van der Waals surface area contributed by atoms with Crippen molar-refractivity contribution in [1.29, 1.82) is 0 Å². The molecule has 2 saturated heterocycles. The summed E-state index contributed by atoms with van der Waals surface area (Å²) in [6, 6.07) is -0.00657. The number of halogens is 1. The molecule has 0 aliphatic carbocycles. The number of nitrogens with zero attached hydrogens (tertiary/aromatic N) is 1. The first-order chi connectivity index (χ1) is 10.2. The molecule has 2 aliphatic heterocycles. The summed E-state index contributed by atoms with van der Waals surface area (Å²) in [6.45, 7) is 3.32. The van der Waals surface area contributed by atoms with Gasteiger partial charge >= 0.3 is 0 Å². The fourth-order valence-electron chi connectivity index (χ4n) is 3.08. The zero-order valence-electron chi connectivity index (χ0n) is 13.3. The normalized spacial score (nSPS) is 24.7. The van der Waals surface area contributed by atoms with Gasteiger partial charge in [-0.25, -0.2) is 0 Å². The van der Waals surface area contributed by atoms with Crippen LogP contribution in [0.1, 0.15) is 32.1 Å². The van der Waals surface area contributed by atoms with Crippen LogP contribution in [0.4, 0.5) is 0 Å². The Kier molecular flexibility index (Phi) is 9.21. The van der Waals surface area contributed by atoms with E-state index >= 15 is 0 Å². The number of rotatable bonds is 6. The quantitative estimate of drug-likeness (QED) is 0.758. The molecule has 2 amide bonds. The highest BCUT2D eigenvalue weighted by molar-refractivity contribution is 7.98. The second-order valence-corrected chi connectivity index (χ2v) is 6.97. The lowest BCUT2D eigenvalue weighted by molar-refractivity contribution is -0.132. The van der Waals surface area contributed by atoms with E-state index in [1.165, 1.54) is 0 Å². The first kappa shape index (κ1) is 19.6. The summed E-state index contributed by atoms with van der Waals surface area (Å²) in [5.41, 5.74) is 0. The number of thioether (sulfide) groups is 1. The van der Waals surface area contributed by atoms with Gasteiger partial charge in [0.15, 0.2) is 0 Å². The molecule has 22 heavy (non-hydrogen) atoms. The number of hydrogen-bond donors (Lipinski definition) is 2. The van der Waals surface area contributed by atoms with Gasteiger partial charge in [0.1, 0.15) is 0 Å². The van der Waals surface area contributed by atoms with Crippen molar-refractivity contribution in [2.24, 2.45) is 5.92 Å². The van der Waals surface area contributed by atoms with Crippen molar-refractivity contribution >= 4 is 36.0 Å². The Morgan fingerprint density at radius 3 is 2.82 bits per heavy atom. The first-order valence-corrected chi connectivity index (χ1v) is 9.38. The SMILES string of the molecule is CSCCC(=O)N1CCCC(CNC(=O)C2CCCN2)C1.Cl. The molecule has 7 heteroatoms. The molecule has 0 radical (unpaired) electrons. The summed E-state index contributed by atoms with van der Waals surface area (Å²) in [4.78, 5) is 26.0. The van der Waals surface area contributed by atoms with Gasteiger partial charge in [-0.15, -0.1) is 12.4 Å². The highest BCUT2D eigenvalue weighted by Gasteiger charge is 2.26. The molecule has 2 fully saturated rings. The van der Waals surface area contributed by atoms with Crippen LogP contribution in [0.15, 0.2) is 0 Å². The molecular weight excluding hydrogens is 322 g/mol. The van der Waals surface area contributed by atoms with Crippen molar-refractivity contribution < 1.29 is 9.59 Å². The van der Waals surface area contributed by atoms with Crippen LogP contribution in [-0.4, -0.2) is 60.9 Å². The average molecular weight is 350 g/mol. The monoisotopic (exact) mass is 349 g/mol. The van der Waals surface area contributed by atoms with E-state index in [4.69, 9.17) is 0 Å². The van der Waals surface area contributed by atoms with Crippen molar-refractivity contribution in [3.63, 3.8) is 0 Å². The van der Waals surface area contributed by atoms with Gasteiger partial charge < -0.3 is 15.5 Å². The number of likely N-dealkylation sites (tertiary alicyclic amines) is 1. The van der Waals surface area contributed by atoms with Gasteiger partial charge in [0.25, 0.3) is 0 Å². The third kappa shape index (κ3) is 5.97. The minimum Gasteiger partial charge on any atom is -0.354 e. The smallest absolute Gasteiger partial charge is 0.237 e. The second-order valence-electron chi connectivity index (χ2n) is 5.98. The van der Waals surface area contributed by atoms with Crippen LogP contribution in [0.2, 0.25) is 0 Å². The van der Waals surface area contributed by atoms with Gasteiger partial charge in [-0.05, 0) is 44.4 Å². The average Bonchev–Trinajstić information content (AvgIpc) is 3.05. The van der Waals surface area contributed by atoms with E-state index in [1.54, 1.807) is 11.8 Å². The second kappa shape index (κ2) is 10.3. The molecule has 0 saturated carbocycles. The van der Waals surface area contributed by atoms with Crippen molar-refractivity contribution in [3.05, 3.63) is 0 Å². The number of carbonyl (C=O) groups excluding carboxylic acids is 2. The van der Waals surface area contributed by atoms with E-state index in [0.29, 0.717) is 18.9 Å². The van der Waals surface area contributed by atoms with Crippen LogP contribution >= 0.6 is 24.2 Å². The number of hydrogen-bond acceptors (Lipinski definition) is 4. The third-order valence-corrected chi connectivity index (χ3v) is 4.95. The minimum absolute atomic E-state index is 0. The Morgan fingerprint density at radius 2 is 2.14 bits per heavy atom. The van der Waals surface area contributed by atoms with Gasteiger partial charge in [-0.2, -0.15) is 11.8 Å².